The molecule has 1 aliphatic heterocycles. The normalized spacial score (nSPS) is 15.9. The van der Waals surface area contributed by atoms with Gasteiger partial charge in [-0.05, 0) is 27.2 Å². The molecule has 1 saturated heterocycles. The summed E-state index contributed by atoms with van der Waals surface area (Å²) in [5, 5.41) is 3.98. The quantitative estimate of drug-likeness (QED) is 0.835. The molecule has 6 nitrogen and oxygen atoms in total. The summed E-state index contributed by atoms with van der Waals surface area (Å²) in [5.41, 5.74) is -0.442. The fourth-order valence-corrected chi connectivity index (χ4v) is 2.23. The lowest BCUT2D eigenvalue weighted by molar-refractivity contribution is -0.00186. The van der Waals surface area contributed by atoms with Crippen molar-refractivity contribution in [2.24, 2.45) is 5.92 Å². The Hall–Kier alpha value is -1.59. The zero-order valence-electron chi connectivity index (χ0n) is 13.4. The van der Waals surface area contributed by atoms with E-state index in [4.69, 9.17) is 9.26 Å². The van der Waals surface area contributed by atoms with Gasteiger partial charge < -0.3 is 14.2 Å². The third-order valence-electron chi connectivity index (χ3n) is 3.34. The summed E-state index contributed by atoms with van der Waals surface area (Å²) in [6.07, 6.45) is 3.56. The van der Waals surface area contributed by atoms with Crippen LogP contribution in [-0.4, -0.2) is 39.8 Å². The van der Waals surface area contributed by atoms with Gasteiger partial charge in [-0.25, -0.2) is 4.79 Å². The van der Waals surface area contributed by atoms with Gasteiger partial charge in [0.2, 0.25) is 5.89 Å². The first-order valence-electron chi connectivity index (χ1n) is 7.66. The van der Waals surface area contributed by atoms with E-state index in [0.29, 0.717) is 24.9 Å². The number of hydrogen-bond acceptors (Lipinski definition) is 5. The van der Waals surface area contributed by atoms with Crippen molar-refractivity contribution in [1.82, 2.24) is 15.0 Å². The standard InChI is InChI=1S/C15H25N3O3/c1-5-6-7-12-16-13(21-17-12)8-11-9-18(10-11)14(19)20-15(2,3)4/h11H,5-10H2,1-4H3. The highest BCUT2D eigenvalue weighted by Gasteiger charge is 2.34. The maximum atomic E-state index is 11.8. The largest absolute Gasteiger partial charge is 0.444 e. The molecule has 1 aromatic heterocycles. The van der Waals surface area contributed by atoms with Crippen molar-refractivity contribution in [1.29, 1.82) is 0 Å². The SMILES string of the molecule is CCCCc1noc(CC2CN(C(=O)OC(C)(C)C)C2)n1. The maximum absolute atomic E-state index is 11.8. The van der Waals surface area contributed by atoms with Gasteiger partial charge in [0.05, 0.1) is 0 Å². The van der Waals surface area contributed by atoms with Gasteiger partial charge in [-0.3, -0.25) is 0 Å². The number of carbonyl (C=O) groups excluding carboxylic acids is 1. The topological polar surface area (TPSA) is 68.5 Å². The van der Waals surface area contributed by atoms with E-state index in [0.717, 1.165) is 31.5 Å². The molecule has 0 N–H and O–H groups in total. The summed E-state index contributed by atoms with van der Waals surface area (Å²) in [6, 6.07) is 0. The number of nitrogens with zero attached hydrogens (tertiary/aromatic N) is 3. The van der Waals surface area contributed by atoms with Gasteiger partial charge >= 0.3 is 6.09 Å². The molecule has 2 rings (SSSR count). The van der Waals surface area contributed by atoms with Crippen LogP contribution in [0, 0.1) is 5.92 Å². The first-order valence-corrected chi connectivity index (χ1v) is 7.66. The number of amides is 1. The predicted octanol–water partition coefficient (Wildman–Crippen LogP) is 2.82. The van der Waals surface area contributed by atoms with Crippen LogP contribution in [0.15, 0.2) is 4.52 Å². The molecule has 0 bridgehead atoms. The zero-order valence-corrected chi connectivity index (χ0v) is 13.4. The number of ether oxygens (including phenoxy) is 1. The summed E-state index contributed by atoms with van der Waals surface area (Å²) < 4.78 is 10.6. The van der Waals surface area contributed by atoms with Gasteiger partial charge in [-0.15, -0.1) is 0 Å². The summed E-state index contributed by atoms with van der Waals surface area (Å²) in [7, 11) is 0. The number of rotatable bonds is 5. The first kappa shape index (κ1) is 15.8. The molecule has 0 unspecified atom stereocenters. The molecule has 1 aliphatic rings. The molecular formula is C15H25N3O3. The molecule has 2 heterocycles. The molecule has 0 aromatic carbocycles. The van der Waals surface area contributed by atoms with Crippen LogP contribution in [0.2, 0.25) is 0 Å². The Bertz CT molecular complexity index is 473. The molecular weight excluding hydrogens is 270 g/mol. The lowest BCUT2D eigenvalue weighted by Gasteiger charge is -2.39. The molecule has 0 radical (unpaired) electrons. The van der Waals surface area contributed by atoms with Crippen LogP contribution in [0.5, 0.6) is 0 Å². The Morgan fingerprint density at radius 2 is 2.14 bits per heavy atom. The highest BCUT2D eigenvalue weighted by molar-refractivity contribution is 5.69. The van der Waals surface area contributed by atoms with Crippen LogP contribution in [-0.2, 0) is 17.6 Å². The minimum absolute atomic E-state index is 0.243. The van der Waals surface area contributed by atoms with E-state index in [1.54, 1.807) is 4.90 Å². The van der Waals surface area contributed by atoms with Crippen LogP contribution in [0.4, 0.5) is 4.79 Å². The van der Waals surface area contributed by atoms with E-state index < -0.39 is 5.60 Å². The van der Waals surface area contributed by atoms with Crippen molar-refractivity contribution in [3.05, 3.63) is 11.7 Å². The molecule has 118 valence electrons. The molecule has 21 heavy (non-hydrogen) atoms. The maximum Gasteiger partial charge on any atom is 0.410 e. The van der Waals surface area contributed by atoms with Gasteiger partial charge in [0.1, 0.15) is 5.60 Å². The monoisotopic (exact) mass is 295 g/mol. The Kier molecular flexibility index (Phi) is 4.85. The first-order chi connectivity index (χ1) is 9.87. The highest BCUT2D eigenvalue weighted by Crippen LogP contribution is 2.22. The van der Waals surface area contributed by atoms with Crippen LogP contribution < -0.4 is 0 Å². The number of aromatic nitrogens is 2. The van der Waals surface area contributed by atoms with E-state index in [1.807, 2.05) is 20.8 Å². The smallest absolute Gasteiger partial charge is 0.410 e. The van der Waals surface area contributed by atoms with Gasteiger partial charge in [-0.2, -0.15) is 4.98 Å². The second-order valence-corrected chi connectivity index (χ2v) is 6.66. The van der Waals surface area contributed by atoms with E-state index in [9.17, 15) is 4.79 Å². The summed E-state index contributed by atoms with van der Waals surface area (Å²) >= 11 is 0. The summed E-state index contributed by atoms with van der Waals surface area (Å²) in [6.45, 7) is 9.15. The molecule has 6 heteroatoms. The Balaban J connectivity index is 1.73. The Morgan fingerprint density at radius 3 is 2.76 bits per heavy atom. The number of unbranched alkanes of at least 4 members (excludes halogenated alkanes) is 1. The average molecular weight is 295 g/mol. The second-order valence-electron chi connectivity index (χ2n) is 6.66. The number of likely N-dealkylation sites (tertiary alicyclic amines) is 1. The fraction of sp³-hybridized carbons (Fsp3) is 0.800. The average Bonchev–Trinajstić information content (AvgIpc) is 2.76. The van der Waals surface area contributed by atoms with Crippen LogP contribution in [0.25, 0.3) is 0 Å². The van der Waals surface area contributed by atoms with Crippen molar-refractivity contribution >= 4 is 6.09 Å². The second kappa shape index (κ2) is 6.45. The van der Waals surface area contributed by atoms with Crippen LogP contribution >= 0.6 is 0 Å². The van der Waals surface area contributed by atoms with Gasteiger partial charge in [-0.1, -0.05) is 18.5 Å². The summed E-state index contributed by atoms with van der Waals surface area (Å²) in [4.78, 5) is 17.9. The summed E-state index contributed by atoms with van der Waals surface area (Å²) in [5.74, 6) is 1.85. The van der Waals surface area contributed by atoms with E-state index in [2.05, 4.69) is 17.1 Å². The number of carbonyl (C=O) groups is 1. The minimum atomic E-state index is -0.442. The van der Waals surface area contributed by atoms with Crippen LogP contribution in [0.3, 0.4) is 0 Å². The lowest BCUT2D eigenvalue weighted by atomic mass is 9.97. The Morgan fingerprint density at radius 1 is 1.43 bits per heavy atom. The molecule has 1 fully saturated rings. The molecule has 0 aliphatic carbocycles. The highest BCUT2D eigenvalue weighted by atomic mass is 16.6. The molecule has 0 saturated carbocycles. The number of aryl methyl sites for hydroxylation is 1. The number of hydrogen-bond donors (Lipinski definition) is 0. The van der Waals surface area contributed by atoms with Gasteiger partial charge in [0.25, 0.3) is 0 Å². The van der Waals surface area contributed by atoms with E-state index >= 15 is 0 Å². The lowest BCUT2D eigenvalue weighted by Crippen LogP contribution is -2.52. The van der Waals surface area contributed by atoms with Gasteiger partial charge in [0, 0.05) is 31.8 Å². The third-order valence-corrected chi connectivity index (χ3v) is 3.34. The van der Waals surface area contributed by atoms with Crippen molar-refractivity contribution in [3.8, 4) is 0 Å². The third kappa shape index (κ3) is 4.72. The molecule has 0 atom stereocenters. The molecule has 1 amide bonds. The zero-order chi connectivity index (χ0) is 15.5. The van der Waals surface area contributed by atoms with E-state index in [-0.39, 0.29) is 6.09 Å². The minimum Gasteiger partial charge on any atom is -0.444 e. The molecule has 1 aromatic rings. The predicted molar refractivity (Wildman–Crippen MR) is 77.9 cm³/mol. The van der Waals surface area contributed by atoms with Crippen LogP contribution in [0.1, 0.15) is 52.3 Å². The van der Waals surface area contributed by atoms with Crippen molar-refractivity contribution < 1.29 is 14.1 Å². The van der Waals surface area contributed by atoms with E-state index in [1.165, 1.54) is 0 Å². The van der Waals surface area contributed by atoms with Crippen molar-refractivity contribution in [3.63, 3.8) is 0 Å². The van der Waals surface area contributed by atoms with Gasteiger partial charge in [0.15, 0.2) is 5.82 Å². The van der Waals surface area contributed by atoms with Crippen molar-refractivity contribution in [2.45, 2.75) is 59.0 Å². The van der Waals surface area contributed by atoms with Crippen molar-refractivity contribution in [2.75, 3.05) is 13.1 Å². The fourth-order valence-electron chi connectivity index (χ4n) is 2.23. The Labute approximate surface area is 125 Å². The molecule has 0 spiro atoms.